The highest BCUT2D eigenvalue weighted by Gasteiger charge is 2.63. The zero-order chi connectivity index (χ0) is 39.8. The topological polar surface area (TPSA) is 130 Å². The molecule has 3 spiro atoms. The van der Waals surface area contributed by atoms with E-state index in [2.05, 4.69) is 6.92 Å². The van der Waals surface area contributed by atoms with Gasteiger partial charge in [-0.1, -0.05) is 103 Å². The summed E-state index contributed by atoms with van der Waals surface area (Å²) in [5.41, 5.74) is 0. The molecule has 8 aliphatic rings. The van der Waals surface area contributed by atoms with Gasteiger partial charge in [-0.05, 0) is 44.9 Å². The van der Waals surface area contributed by atoms with Crippen molar-refractivity contribution in [2.75, 3.05) is 13.2 Å². The fourth-order valence-corrected chi connectivity index (χ4v) is 11.2. The van der Waals surface area contributed by atoms with E-state index in [-0.39, 0.29) is 25.1 Å². The molecule has 0 aromatic rings. The number of esters is 1. The van der Waals surface area contributed by atoms with Gasteiger partial charge in [0, 0.05) is 44.9 Å². The van der Waals surface area contributed by atoms with Crippen LogP contribution in [-0.2, 0) is 52.2 Å². The van der Waals surface area contributed by atoms with Gasteiger partial charge in [0.1, 0.15) is 42.7 Å². The van der Waals surface area contributed by atoms with Crippen LogP contribution in [0.5, 0.6) is 0 Å². The van der Waals surface area contributed by atoms with E-state index in [1.807, 2.05) is 0 Å². The predicted octanol–water partition coefficient (Wildman–Crippen LogP) is 8.80. The average Bonchev–Trinajstić information content (AvgIpc) is 3.61. The molecule has 0 bridgehead atoms. The van der Waals surface area contributed by atoms with Crippen LogP contribution in [0.3, 0.4) is 0 Å². The highest BCUT2D eigenvalue weighted by atomic mass is 16.8. The van der Waals surface area contributed by atoms with Crippen LogP contribution in [-0.4, -0.2) is 103 Å². The molecule has 8 fully saturated rings. The molecule has 12 nitrogen and oxygen atoms in total. The van der Waals surface area contributed by atoms with E-state index in [4.69, 9.17) is 47.4 Å². The SMILES string of the molecule is CCCCCCCCCCCCCCCC(=O)O[C@H]1[C@@H](O[C@H]2O[C@@H]3COC4(CCCCC4)O[C@H]3[C@@H]3OC4(CCCCC4)O[C@@H]23)O[C@@H]2COC3(CCCCC3)O[C@H]2[C@@H]1O. The zero-order valence-corrected chi connectivity index (χ0v) is 35.6. The molecule has 3 aliphatic carbocycles. The summed E-state index contributed by atoms with van der Waals surface area (Å²) >= 11 is 0. The standard InChI is InChI=1S/C46H76O12/c1-2-3-4-5-6-7-8-9-10-11-12-13-17-24-35(47)53-39-36(48)37-33(31-49-44(55-37)25-18-14-19-26-44)51-42(39)54-43-41-40(57-46(58-41)29-22-16-23-30-46)38-34(52-43)32-50-45(56-38)27-20-15-21-28-45/h33-34,36-43,48H,2-32H2,1H3/t33-,34-,36+,37-,38-,39-,40+,41-,42-,43-/m1/s1. The Morgan fingerprint density at radius 1 is 0.534 bits per heavy atom. The van der Waals surface area contributed by atoms with E-state index < -0.39 is 72.7 Å². The lowest BCUT2D eigenvalue weighted by Crippen LogP contribution is -2.68. The van der Waals surface area contributed by atoms with Crippen molar-refractivity contribution in [2.45, 2.75) is 272 Å². The van der Waals surface area contributed by atoms with Crippen molar-refractivity contribution in [1.82, 2.24) is 0 Å². The number of unbranched alkanes of at least 4 members (excludes halogenated alkanes) is 12. The lowest BCUT2D eigenvalue weighted by atomic mass is 9.90. The molecule has 1 N–H and O–H groups in total. The molecule has 0 aromatic carbocycles. The third-order valence-corrected chi connectivity index (χ3v) is 14.5. The van der Waals surface area contributed by atoms with Crippen molar-refractivity contribution in [3.05, 3.63) is 0 Å². The van der Waals surface area contributed by atoms with Gasteiger partial charge in [0.2, 0.25) is 6.29 Å². The summed E-state index contributed by atoms with van der Waals surface area (Å²) in [6, 6.07) is 0. The van der Waals surface area contributed by atoms with E-state index in [0.717, 1.165) is 109 Å². The zero-order valence-electron chi connectivity index (χ0n) is 35.6. The first kappa shape index (κ1) is 43.7. The van der Waals surface area contributed by atoms with Crippen LogP contribution in [0, 0.1) is 0 Å². The lowest BCUT2D eigenvalue weighted by molar-refractivity contribution is -0.427. The molecule has 5 aliphatic heterocycles. The molecule has 5 heterocycles. The fraction of sp³-hybridized carbons (Fsp3) is 0.978. The van der Waals surface area contributed by atoms with Crippen LogP contribution < -0.4 is 0 Å². The first-order chi connectivity index (χ1) is 28.4. The third-order valence-electron chi connectivity index (χ3n) is 14.5. The number of rotatable bonds is 17. The van der Waals surface area contributed by atoms with Crippen LogP contribution in [0.15, 0.2) is 0 Å². The van der Waals surface area contributed by atoms with Crippen molar-refractivity contribution in [3.8, 4) is 0 Å². The normalized spacial score (nSPS) is 37.6. The quantitative estimate of drug-likeness (QED) is 0.111. The Labute approximate surface area is 347 Å². The Morgan fingerprint density at radius 2 is 0.983 bits per heavy atom. The van der Waals surface area contributed by atoms with Gasteiger partial charge in [0.05, 0.1) is 13.2 Å². The van der Waals surface area contributed by atoms with Crippen LogP contribution in [0.25, 0.3) is 0 Å². The lowest BCUT2D eigenvalue weighted by Gasteiger charge is -2.53. The molecule has 0 unspecified atom stereocenters. The Bertz CT molecular complexity index is 1260. The monoisotopic (exact) mass is 821 g/mol. The molecule has 332 valence electrons. The predicted molar refractivity (Wildman–Crippen MR) is 213 cm³/mol. The molecule has 0 radical (unpaired) electrons. The molecule has 8 rings (SSSR count). The molecule has 0 amide bonds. The number of carbonyl (C=O) groups excluding carboxylic acids is 1. The van der Waals surface area contributed by atoms with Gasteiger partial charge in [-0.3, -0.25) is 4.79 Å². The van der Waals surface area contributed by atoms with Crippen LogP contribution in [0.4, 0.5) is 0 Å². The molecule has 12 heteroatoms. The van der Waals surface area contributed by atoms with Crippen molar-refractivity contribution < 1.29 is 57.3 Å². The number of aliphatic hydroxyl groups excluding tert-OH is 1. The third kappa shape index (κ3) is 10.5. The van der Waals surface area contributed by atoms with E-state index in [0.29, 0.717) is 6.61 Å². The number of fused-ring (bicyclic) bond motifs is 4. The Kier molecular flexibility index (Phi) is 15.5. The van der Waals surface area contributed by atoms with Crippen LogP contribution >= 0.6 is 0 Å². The molecular formula is C46H76O12. The van der Waals surface area contributed by atoms with Gasteiger partial charge in [0.25, 0.3) is 0 Å². The second-order valence-electron chi connectivity index (χ2n) is 19.0. The second kappa shape index (κ2) is 20.5. The summed E-state index contributed by atoms with van der Waals surface area (Å²) < 4.78 is 66.2. The van der Waals surface area contributed by atoms with Crippen molar-refractivity contribution in [3.63, 3.8) is 0 Å². The second-order valence-corrected chi connectivity index (χ2v) is 19.0. The number of ether oxygens (including phenoxy) is 10. The summed E-state index contributed by atoms with van der Waals surface area (Å²) in [4.78, 5) is 13.6. The van der Waals surface area contributed by atoms with Crippen molar-refractivity contribution in [2.24, 2.45) is 0 Å². The Hall–Kier alpha value is -0.930. The van der Waals surface area contributed by atoms with Gasteiger partial charge in [-0.2, -0.15) is 0 Å². The number of aliphatic hydroxyl groups is 1. The number of carbonyl (C=O) groups is 1. The van der Waals surface area contributed by atoms with E-state index >= 15 is 0 Å². The summed E-state index contributed by atoms with van der Waals surface area (Å²) in [6.45, 7) is 2.86. The average molecular weight is 821 g/mol. The first-order valence-electron chi connectivity index (χ1n) is 24.2. The van der Waals surface area contributed by atoms with E-state index in [1.165, 1.54) is 70.6 Å². The van der Waals surface area contributed by atoms with E-state index in [1.54, 1.807) is 0 Å². The summed E-state index contributed by atoms with van der Waals surface area (Å²) in [7, 11) is 0. The highest BCUT2D eigenvalue weighted by molar-refractivity contribution is 5.69. The maximum absolute atomic E-state index is 13.6. The van der Waals surface area contributed by atoms with E-state index in [9.17, 15) is 9.90 Å². The Morgan fingerprint density at radius 3 is 1.55 bits per heavy atom. The summed E-state index contributed by atoms with van der Waals surface area (Å²) in [5.74, 6) is -2.48. The maximum Gasteiger partial charge on any atom is 0.306 e. The van der Waals surface area contributed by atoms with Gasteiger partial charge in [-0.15, -0.1) is 0 Å². The summed E-state index contributed by atoms with van der Waals surface area (Å²) in [6.07, 6.45) is 23.1. The molecule has 58 heavy (non-hydrogen) atoms. The highest BCUT2D eigenvalue weighted by Crippen LogP contribution is 2.50. The molecule has 3 saturated carbocycles. The van der Waals surface area contributed by atoms with Crippen LogP contribution in [0.2, 0.25) is 0 Å². The summed E-state index contributed by atoms with van der Waals surface area (Å²) in [5, 5.41) is 12.1. The molecule has 10 atom stereocenters. The number of hydrogen-bond donors (Lipinski definition) is 1. The van der Waals surface area contributed by atoms with Crippen molar-refractivity contribution >= 4 is 5.97 Å². The van der Waals surface area contributed by atoms with Gasteiger partial charge in [-0.25, -0.2) is 0 Å². The molecule has 0 aromatic heterocycles. The van der Waals surface area contributed by atoms with Gasteiger partial charge < -0.3 is 52.5 Å². The smallest absolute Gasteiger partial charge is 0.306 e. The van der Waals surface area contributed by atoms with Gasteiger partial charge >= 0.3 is 5.97 Å². The maximum atomic E-state index is 13.6. The van der Waals surface area contributed by atoms with Gasteiger partial charge in [0.15, 0.2) is 29.8 Å². The molecular weight excluding hydrogens is 744 g/mol. The minimum Gasteiger partial charge on any atom is -0.454 e. The fourth-order valence-electron chi connectivity index (χ4n) is 11.2. The van der Waals surface area contributed by atoms with Crippen LogP contribution in [0.1, 0.15) is 193 Å². The molecule has 5 saturated heterocycles. The first-order valence-corrected chi connectivity index (χ1v) is 24.2. The minimum absolute atomic E-state index is 0.246. The van der Waals surface area contributed by atoms with Crippen molar-refractivity contribution in [1.29, 1.82) is 0 Å². The minimum atomic E-state index is -1.19. The largest absolute Gasteiger partial charge is 0.454 e. The number of hydrogen-bond acceptors (Lipinski definition) is 12. The Balaban J connectivity index is 0.904.